The van der Waals surface area contributed by atoms with Crippen LogP contribution in [0.3, 0.4) is 0 Å². The molecular weight excluding hydrogens is 284 g/mol. The SMILES string of the molecule is CSc1ccc(/C=N\NC(=O)Cn2nc(C)cc2C)cc1. The molecule has 0 aliphatic rings. The number of carbonyl (C=O) groups excluding carboxylic acids is 1. The molecule has 1 heterocycles. The molecule has 2 rings (SSSR count). The van der Waals surface area contributed by atoms with Crippen LogP contribution < -0.4 is 5.43 Å². The summed E-state index contributed by atoms with van der Waals surface area (Å²) in [6.07, 6.45) is 3.66. The average Bonchev–Trinajstić information content (AvgIpc) is 2.77. The normalized spacial score (nSPS) is 11.0. The molecule has 2 aromatic rings. The summed E-state index contributed by atoms with van der Waals surface area (Å²) in [5.74, 6) is -0.196. The van der Waals surface area contributed by atoms with E-state index in [1.807, 2.05) is 50.4 Å². The van der Waals surface area contributed by atoms with Gasteiger partial charge in [0.25, 0.3) is 5.91 Å². The third-order valence-electron chi connectivity index (χ3n) is 2.92. The smallest absolute Gasteiger partial charge is 0.261 e. The molecule has 0 atom stereocenters. The summed E-state index contributed by atoms with van der Waals surface area (Å²) in [6.45, 7) is 3.99. The molecular formula is C15H18N4OS. The third kappa shape index (κ3) is 4.46. The number of nitrogens with one attached hydrogen (secondary N) is 1. The molecule has 5 nitrogen and oxygen atoms in total. The van der Waals surface area contributed by atoms with E-state index in [0.29, 0.717) is 0 Å². The van der Waals surface area contributed by atoms with E-state index in [9.17, 15) is 4.79 Å². The highest BCUT2D eigenvalue weighted by atomic mass is 32.2. The number of nitrogens with zero attached hydrogens (tertiary/aromatic N) is 3. The summed E-state index contributed by atoms with van der Waals surface area (Å²) >= 11 is 1.69. The van der Waals surface area contributed by atoms with Crippen LogP contribution >= 0.6 is 11.8 Å². The molecule has 110 valence electrons. The molecule has 1 aromatic carbocycles. The first-order valence-electron chi connectivity index (χ1n) is 6.55. The molecule has 1 aromatic heterocycles. The van der Waals surface area contributed by atoms with Gasteiger partial charge < -0.3 is 0 Å². The Balaban J connectivity index is 1.88. The molecule has 0 aliphatic carbocycles. The molecule has 1 N–H and O–H groups in total. The monoisotopic (exact) mass is 302 g/mol. The van der Waals surface area contributed by atoms with Gasteiger partial charge in [-0.05, 0) is 43.9 Å². The van der Waals surface area contributed by atoms with E-state index in [1.165, 1.54) is 4.90 Å². The van der Waals surface area contributed by atoms with E-state index >= 15 is 0 Å². The molecule has 0 fully saturated rings. The molecule has 0 aliphatic heterocycles. The van der Waals surface area contributed by atoms with Gasteiger partial charge in [0.05, 0.1) is 11.9 Å². The van der Waals surface area contributed by atoms with E-state index in [4.69, 9.17) is 0 Å². The number of aromatic nitrogens is 2. The molecule has 0 radical (unpaired) electrons. The minimum atomic E-state index is -0.196. The van der Waals surface area contributed by atoms with E-state index in [1.54, 1.807) is 22.7 Å². The molecule has 1 amide bonds. The van der Waals surface area contributed by atoms with Gasteiger partial charge in [0, 0.05) is 10.6 Å². The van der Waals surface area contributed by atoms with Crippen molar-refractivity contribution >= 4 is 23.9 Å². The number of carbonyl (C=O) groups is 1. The maximum Gasteiger partial charge on any atom is 0.261 e. The van der Waals surface area contributed by atoms with Crippen LogP contribution in [0.5, 0.6) is 0 Å². The van der Waals surface area contributed by atoms with Gasteiger partial charge in [-0.2, -0.15) is 10.2 Å². The Labute approximate surface area is 128 Å². The lowest BCUT2D eigenvalue weighted by Gasteiger charge is -2.02. The van der Waals surface area contributed by atoms with Gasteiger partial charge in [0.2, 0.25) is 0 Å². The number of benzene rings is 1. The first-order valence-corrected chi connectivity index (χ1v) is 7.78. The predicted octanol–water partition coefficient (Wildman–Crippen LogP) is 2.37. The van der Waals surface area contributed by atoms with Crippen molar-refractivity contribution in [3.8, 4) is 0 Å². The fourth-order valence-corrected chi connectivity index (χ4v) is 2.28. The predicted molar refractivity (Wildman–Crippen MR) is 85.7 cm³/mol. The molecule has 6 heteroatoms. The van der Waals surface area contributed by atoms with Crippen LogP contribution in [0.25, 0.3) is 0 Å². The zero-order valence-electron chi connectivity index (χ0n) is 12.3. The summed E-state index contributed by atoms with van der Waals surface area (Å²) in [6, 6.07) is 9.89. The number of hydrazone groups is 1. The highest BCUT2D eigenvalue weighted by Crippen LogP contribution is 2.13. The highest BCUT2D eigenvalue weighted by Gasteiger charge is 2.05. The zero-order valence-corrected chi connectivity index (χ0v) is 13.1. The Morgan fingerprint density at radius 1 is 1.38 bits per heavy atom. The first kappa shape index (κ1) is 15.3. The first-order chi connectivity index (χ1) is 10.1. The van der Waals surface area contributed by atoms with Crippen LogP contribution in [0.1, 0.15) is 17.0 Å². The van der Waals surface area contributed by atoms with Crippen molar-refractivity contribution in [1.29, 1.82) is 0 Å². The van der Waals surface area contributed by atoms with E-state index in [0.717, 1.165) is 17.0 Å². The van der Waals surface area contributed by atoms with Crippen LogP contribution in [0.15, 0.2) is 40.3 Å². The quantitative estimate of drug-likeness (QED) is 0.524. The fourth-order valence-electron chi connectivity index (χ4n) is 1.88. The number of rotatable bonds is 5. The zero-order chi connectivity index (χ0) is 15.2. The number of hydrogen-bond acceptors (Lipinski definition) is 4. The van der Waals surface area contributed by atoms with E-state index < -0.39 is 0 Å². The molecule has 0 saturated heterocycles. The lowest BCUT2D eigenvalue weighted by Crippen LogP contribution is -2.24. The number of hydrogen-bond donors (Lipinski definition) is 1. The second-order valence-corrected chi connectivity index (χ2v) is 5.53. The van der Waals surface area contributed by atoms with E-state index in [2.05, 4.69) is 15.6 Å². The summed E-state index contributed by atoms with van der Waals surface area (Å²) in [4.78, 5) is 13.0. The van der Waals surface area contributed by atoms with Gasteiger partial charge in [0.15, 0.2) is 0 Å². The minimum absolute atomic E-state index is 0.169. The van der Waals surface area contributed by atoms with Crippen molar-refractivity contribution in [3.05, 3.63) is 47.3 Å². The van der Waals surface area contributed by atoms with Gasteiger partial charge >= 0.3 is 0 Å². The van der Waals surface area contributed by atoms with Crippen molar-refractivity contribution < 1.29 is 4.79 Å². The minimum Gasteiger partial charge on any atom is -0.271 e. The number of aryl methyl sites for hydroxylation is 2. The van der Waals surface area contributed by atoms with Gasteiger partial charge in [-0.25, -0.2) is 5.43 Å². The Bertz CT molecular complexity index is 646. The van der Waals surface area contributed by atoms with Crippen molar-refractivity contribution in [1.82, 2.24) is 15.2 Å². The summed E-state index contributed by atoms with van der Waals surface area (Å²) in [5, 5.41) is 8.19. The van der Waals surface area contributed by atoms with Gasteiger partial charge in [0.1, 0.15) is 6.54 Å². The molecule has 0 unspecified atom stereocenters. The van der Waals surface area contributed by atoms with Crippen LogP contribution in [-0.2, 0) is 11.3 Å². The Morgan fingerprint density at radius 3 is 2.67 bits per heavy atom. The van der Waals surface area contributed by atoms with Crippen molar-refractivity contribution in [3.63, 3.8) is 0 Å². The average molecular weight is 302 g/mol. The van der Waals surface area contributed by atoms with Gasteiger partial charge in [-0.3, -0.25) is 9.48 Å². The summed E-state index contributed by atoms with van der Waals surface area (Å²) in [5.41, 5.74) is 5.31. The molecule has 0 bridgehead atoms. The van der Waals surface area contributed by atoms with Crippen molar-refractivity contribution in [2.24, 2.45) is 5.10 Å². The Hall–Kier alpha value is -2.08. The molecule has 0 saturated carbocycles. The molecule has 0 spiro atoms. The summed E-state index contributed by atoms with van der Waals surface area (Å²) < 4.78 is 1.66. The highest BCUT2D eigenvalue weighted by molar-refractivity contribution is 7.98. The van der Waals surface area contributed by atoms with Crippen molar-refractivity contribution in [2.75, 3.05) is 6.26 Å². The largest absolute Gasteiger partial charge is 0.271 e. The Kier molecular flexibility index (Phi) is 5.16. The van der Waals surface area contributed by atoms with Gasteiger partial charge in [-0.15, -0.1) is 11.8 Å². The Morgan fingerprint density at radius 2 is 2.10 bits per heavy atom. The fraction of sp³-hybridized carbons (Fsp3) is 0.267. The van der Waals surface area contributed by atoms with Crippen LogP contribution in [-0.4, -0.2) is 28.2 Å². The number of amides is 1. The second-order valence-electron chi connectivity index (χ2n) is 4.65. The maximum absolute atomic E-state index is 11.8. The standard InChI is InChI=1S/C15H18N4OS/c1-11-8-12(2)19(18-11)10-15(20)17-16-9-13-4-6-14(21-3)7-5-13/h4-9H,10H2,1-3H3,(H,17,20)/b16-9-. The number of thioether (sulfide) groups is 1. The van der Waals surface area contributed by atoms with Crippen LogP contribution in [0, 0.1) is 13.8 Å². The summed E-state index contributed by atoms with van der Waals surface area (Å²) in [7, 11) is 0. The third-order valence-corrected chi connectivity index (χ3v) is 3.66. The molecule has 21 heavy (non-hydrogen) atoms. The van der Waals surface area contributed by atoms with Crippen molar-refractivity contribution in [2.45, 2.75) is 25.3 Å². The maximum atomic E-state index is 11.8. The van der Waals surface area contributed by atoms with Crippen LogP contribution in [0.4, 0.5) is 0 Å². The lowest BCUT2D eigenvalue weighted by molar-refractivity contribution is -0.121. The lowest BCUT2D eigenvalue weighted by atomic mass is 10.2. The van der Waals surface area contributed by atoms with E-state index in [-0.39, 0.29) is 12.5 Å². The second kappa shape index (κ2) is 7.08. The van der Waals surface area contributed by atoms with Gasteiger partial charge in [-0.1, -0.05) is 12.1 Å². The van der Waals surface area contributed by atoms with Crippen LogP contribution in [0.2, 0.25) is 0 Å². The topological polar surface area (TPSA) is 59.3 Å².